The molecule has 7 nitrogen and oxygen atoms in total. The quantitative estimate of drug-likeness (QED) is 0.310. The Balaban J connectivity index is 0.00000484. The number of aryl methyl sites for hydroxylation is 1. The zero-order valence-electron chi connectivity index (χ0n) is 14.6. The van der Waals surface area contributed by atoms with Gasteiger partial charge in [-0.1, -0.05) is 19.0 Å². The number of aromatic nitrogens is 2. The molecular weight excluding hydrogens is 409 g/mol. The van der Waals surface area contributed by atoms with Gasteiger partial charge in [0.05, 0.1) is 0 Å². The lowest BCUT2D eigenvalue weighted by Crippen LogP contribution is -2.43. The van der Waals surface area contributed by atoms with Crippen LogP contribution in [0.2, 0.25) is 0 Å². The molecule has 0 unspecified atom stereocenters. The predicted octanol–water partition coefficient (Wildman–Crippen LogP) is 2.24. The van der Waals surface area contributed by atoms with Crippen molar-refractivity contribution in [3.63, 3.8) is 0 Å². The average Bonchev–Trinajstić information content (AvgIpc) is 2.94. The van der Waals surface area contributed by atoms with Crippen LogP contribution in [-0.4, -0.2) is 40.9 Å². The van der Waals surface area contributed by atoms with Crippen LogP contribution in [0.25, 0.3) is 0 Å². The summed E-state index contributed by atoms with van der Waals surface area (Å²) >= 11 is 0. The largest absolute Gasteiger partial charge is 0.396 e. The molecule has 23 heavy (non-hydrogen) atoms. The molecule has 0 radical (unpaired) electrons. The predicted molar refractivity (Wildman–Crippen MR) is 102 cm³/mol. The molecule has 1 rings (SSSR count). The monoisotopic (exact) mass is 439 g/mol. The van der Waals surface area contributed by atoms with Crippen molar-refractivity contribution in [3.05, 3.63) is 11.7 Å². The van der Waals surface area contributed by atoms with E-state index in [1.807, 2.05) is 6.92 Å². The third-order valence-electron chi connectivity index (χ3n) is 4.07. The minimum absolute atomic E-state index is 0. The van der Waals surface area contributed by atoms with Gasteiger partial charge in [0.1, 0.15) is 6.54 Å². The van der Waals surface area contributed by atoms with Crippen LogP contribution < -0.4 is 10.6 Å². The first-order chi connectivity index (χ1) is 10.6. The lowest BCUT2D eigenvalue weighted by molar-refractivity contribution is 0.169. The smallest absolute Gasteiger partial charge is 0.223 e. The molecular formula is C15H30IN5O2. The number of aliphatic imine (C=N–C) groups is 1. The molecule has 0 bridgehead atoms. The van der Waals surface area contributed by atoms with Crippen LogP contribution in [0.1, 0.15) is 51.7 Å². The van der Waals surface area contributed by atoms with Gasteiger partial charge < -0.3 is 20.3 Å². The Labute approximate surface area is 155 Å². The number of nitrogens with one attached hydrogen (secondary N) is 2. The molecule has 0 saturated heterocycles. The minimum atomic E-state index is 0. The van der Waals surface area contributed by atoms with Crippen molar-refractivity contribution < 1.29 is 9.63 Å². The summed E-state index contributed by atoms with van der Waals surface area (Å²) in [5.41, 5.74) is 0.0909. The highest BCUT2D eigenvalue weighted by Crippen LogP contribution is 2.29. The Morgan fingerprint density at radius 3 is 2.43 bits per heavy atom. The first kappa shape index (κ1) is 22.1. The molecule has 1 aromatic heterocycles. The fraction of sp³-hybridized carbons (Fsp3) is 0.800. The molecule has 0 spiro atoms. The van der Waals surface area contributed by atoms with E-state index in [1.165, 1.54) is 0 Å². The number of hydrogen-bond donors (Lipinski definition) is 3. The van der Waals surface area contributed by atoms with Crippen molar-refractivity contribution in [2.24, 2.45) is 10.4 Å². The summed E-state index contributed by atoms with van der Waals surface area (Å²) in [6.07, 6.45) is 2.82. The SMILES string of the molecule is CCNC(=NCc1noc(C)n1)NCC(CC)(CC)CCO.I. The summed E-state index contributed by atoms with van der Waals surface area (Å²) in [6, 6.07) is 0. The topological polar surface area (TPSA) is 95.6 Å². The van der Waals surface area contributed by atoms with Crippen LogP contribution in [0.5, 0.6) is 0 Å². The maximum absolute atomic E-state index is 9.29. The van der Waals surface area contributed by atoms with Crippen LogP contribution in [0.3, 0.4) is 0 Å². The Bertz CT molecular complexity index is 460. The van der Waals surface area contributed by atoms with Gasteiger partial charge in [-0.25, -0.2) is 4.99 Å². The number of rotatable bonds is 9. The van der Waals surface area contributed by atoms with Crippen LogP contribution in [-0.2, 0) is 6.54 Å². The number of aliphatic hydroxyl groups is 1. The summed E-state index contributed by atoms with van der Waals surface area (Å²) in [5.74, 6) is 1.85. The van der Waals surface area contributed by atoms with E-state index in [4.69, 9.17) is 4.52 Å². The molecule has 1 aromatic rings. The summed E-state index contributed by atoms with van der Waals surface area (Å²) in [5, 5.41) is 19.7. The fourth-order valence-electron chi connectivity index (χ4n) is 2.35. The van der Waals surface area contributed by atoms with Gasteiger partial charge in [-0.15, -0.1) is 24.0 Å². The second-order valence-electron chi connectivity index (χ2n) is 5.46. The standard InChI is InChI=1S/C15H29N5O2.HI/c1-5-15(6-2,8-9-21)11-18-14(16-7-3)17-10-13-19-12(4)22-20-13;/h21H,5-11H2,1-4H3,(H2,16,17,18);1H. The van der Waals surface area contributed by atoms with Gasteiger partial charge in [0, 0.05) is 26.6 Å². The van der Waals surface area contributed by atoms with Gasteiger partial charge in [-0.05, 0) is 31.6 Å². The molecule has 0 saturated carbocycles. The normalized spacial score (nSPS) is 12.0. The van der Waals surface area contributed by atoms with Crippen LogP contribution in [0, 0.1) is 12.3 Å². The zero-order valence-corrected chi connectivity index (χ0v) is 16.9. The van der Waals surface area contributed by atoms with Gasteiger partial charge in [-0.2, -0.15) is 4.98 Å². The van der Waals surface area contributed by atoms with E-state index >= 15 is 0 Å². The molecule has 0 aliphatic rings. The van der Waals surface area contributed by atoms with Crippen molar-refractivity contribution in [1.29, 1.82) is 0 Å². The Morgan fingerprint density at radius 2 is 1.96 bits per heavy atom. The average molecular weight is 439 g/mol. The van der Waals surface area contributed by atoms with E-state index in [2.05, 4.69) is 39.6 Å². The summed E-state index contributed by atoms with van der Waals surface area (Å²) in [6.45, 7) is 10.2. The maximum atomic E-state index is 9.29. The van der Waals surface area contributed by atoms with Crippen molar-refractivity contribution in [1.82, 2.24) is 20.8 Å². The van der Waals surface area contributed by atoms with E-state index in [0.29, 0.717) is 18.3 Å². The van der Waals surface area contributed by atoms with Crippen molar-refractivity contribution in [3.8, 4) is 0 Å². The second-order valence-corrected chi connectivity index (χ2v) is 5.46. The first-order valence-corrected chi connectivity index (χ1v) is 8.01. The number of hydrogen-bond acceptors (Lipinski definition) is 5. The number of halogens is 1. The Kier molecular flexibility index (Phi) is 11.2. The van der Waals surface area contributed by atoms with Gasteiger partial charge in [0.15, 0.2) is 11.8 Å². The number of aliphatic hydroxyl groups excluding tert-OH is 1. The minimum Gasteiger partial charge on any atom is -0.396 e. The van der Waals surface area contributed by atoms with Crippen molar-refractivity contribution in [2.45, 2.75) is 53.5 Å². The highest BCUT2D eigenvalue weighted by Gasteiger charge is 2.25. The molecule has 0 atom stereocenters. The summed E-state index contributed by atoms with van der Waals surface area (Å²) < 4.78 is 4.94. The molecule has 0 aromatic carbocycles. The van der Waals surface area contributed by atoms with Crippen LogP contribution in [0.15, 0.2) is 9.52 Å². The zero-order chi connectivity index (χ0) is 16.4. The lowest BCUT2D eigenvalue weighted by Gasteiger charge is -2.32. The highest BCUT2D eigenvalue weighted by atomic mass is 127. The Morgan fingerprint density at radius 1 is 1.26 bits per heavy atom. The van der Waals surface area contributed by atoms with Gasteiger partial charge in [0.2, 0.25) is 5.89 Å². The van der Waals surface area contributed by atoms with E-state index in [1.54, 1.807) is 6.92 Å². The fourth-order valence-corrected chi connectivity index (χ4v) is 2.35. The third-order valence-corrected chi connectivity index (χ3v) is 4.07. The molecule has 8 heteroatoms. The number of guanidine groups is 1. The second kappa shape index (κ2) is 11.6. The van der Waals surface area contributed by atoms with Crippen LogP contribution >= 0.6 is 24.0 Å². The van der Waals surface area contributed by atoms with E-state index in [9.17, 15) is 5.11 Å². The van der Waals surface area contributed by atoms with Gasteiger partial charge in [0.25, 0.3) is 0 Å². The number of nitrogens with zero attached hydrogens (tertiary/aromatic N) is 3. The van der Waals surface area contributed by atoms with Crippen molar-refractivity contribution >= 4 is 29.9 Å². The van der Waals surface area contributed by atoms with Gasteiger partial charge in [-0.3, -0.25) is 0 Å². The lowest BCUT2D eigenvalue weighted by atomic mass is 9.79. The Hall–Kier alpha value is -0.900. The third kappa shape index (κ3) is 7.47. The van der Waals surface area contributed by atoms with E-state index < -0.39 is 0 Å². The van der Waals surface area contributed by atoms with E-state index in [-0.39, 0.29) is 36.0 Å². The summed E-state index contributed by atoms with van der Waals surface area (Å²) in [7, 11) is 0. The molecule has 134 valence electrons. The van der Waals surface area contributed by atoms with E-state index in [0.717, 1.165) is 38.3 Å². The molecule has 0 amide bonds. The van der Waals surface area contributed by atoms with Crippen molar-refractivity contribution in [2.75, 3.05) is 19.7 Å². The molecule has 0 aliphatic heterocycles. The first-order valence-electron chi connectivity index (χ1n) is 8.01. The van der Waals surface area contributed by atoms with Gasteiger partial charge >= 0.3 is 0 Å². The van der Waals surface area contributed by atoms with Crippen LogP contribution in [0.4, 0.5) is 0 Å². The molecule has 1 heterocycles. The maximum Gasteiger partial charge on any atom is 0.223 e. The molecule has 0 aliphatic carbocycles. The highest BCUT2D eigenvalue weighted by molar-refractivity contribution is 14.0. The summed E-state index contributed by atoms with van der Waals surface area (Å²) in [4.78, 5) is 8.62. The molecule has 3 N–H and O–H groups in total. The molecule has 0 fully saturated rings.